The van der Waals surface area contributed by atoms with Gasteiger partial charge in [-0.15, -0.1) is 0 Å². The Kier molecular flexibility index (Phi) is 8.30. The molecule has 0 amide bonds. The monoisotopic (exact) mass is 594 g/mol. The Morgan fingerprint density at radius 3 is 2.17 bits per heavy atom. The summed E-state index contributed by atoms with van der Waals surface area (Å²) in [6.07, 6.45) is -15.9. The highest BCUT2D eigenvalue weighted by molar-refractivity contribution is 5.88. The first-order valence-corrected chi connectivity index (χ1v) is 12.9. The van der Waals surface area contributed by atoms with Crippen LogP contribution in [0, 0.1) is 0 Å². The highest BCUT2D eigenvalue weighted by Crippen LogP contribution is 2.40. The van der Waals surface area contributed by atoms with Gasteiger partial charge in [0.15, 0.2) is 12.1 Å². The van der Waals surface area contributed by atoms with Gasteiger partial charge in [0.25, 0.3) is 0 Å². The number of aliphatic hydroxyl groups is 6. The second-order valence-corrected chi connectivity index (χ2v) is 10.1. The van der Waals surface area contributed by atoms with Crippen LogP contribution >= 0.6 is 0 Å². The third-order valence-electron chi connectivity index (χ3n) is 7.20. The first kappa shape index (κ1) is 30.0. The molecule has 0 bridgehead atoms. The lowest BCUT2D eigenvalue weighted by molar-refractivity contribution is -0.318. The summed E-state index contributed by atoms with van der Waals surface area (Å²) in [6, 6.07) is 7.63. The van der Waals surface area contributed by atoms with Crippen LogP contribution in [0.25, 0.3) is 22.3 Å². The average molecular weight is 595 g/mol. The zero-order valence-corrected chi connectivity index (χ0v) is 21.9. The Labute approximate surface area is 236 Å². The molecule has 15 nitrogen and oxygen atoms in total. The predicted molar refractivity (Wildman–Crippen MR) is 139 cm³/mol. The van der Waals surface area contributed by atoms with Crippen LogP contribution in [0.1, 0.15) is 6.92 Å². The average Bonchev–Trinajstić information content (AvgIpc) is 2.95. The maximum absolute atomic E-state index is 13.6. The van der Waals surface area contributed by atoms with Crippen molar-refractivity contribution in [1.29, 1.82) is 0 Å². The fraction of sp³-hybridized carbons (Fsp3) is 0.444. The number of aliphatic hydroxyl groups excluding tert-OH is 6. The normalized spacial score (nSPS) is 33.5. The summed E-state index contributed by atoms with van der Waals surface area (Å²) in [6.45, 7) is 0.850. The van der Waals surface area contributed by atoms with Crippen LogP contribution in [0.5, 0.6) is 23.0 Å². The minimum Gasteiger partial charge on any atom is -0.508 e. The van der Waals surface area contributed by atoms with Crippen molar-refractivity contribution in [2.75, 3.05) is 6.61 Å². The van der Waals surface area contributed by atoms with E-state index >= 15 is 0 Å². The largest absolute Gasteiger partial charge is 0.508 e. The van der Waals surface area contributed by atoms with Crippen LogP contribution in [-0.4, -0.2) is 114 Å². The van der Waals surface area contributed by atoms with Crippen LogP contribution in [0.4, 0.5) is 0 Å². The Hall–Kier alpha value is -3.51. The number of phenols is 3. The molecule has 2 saturated heterocycles. The van der Waals surface area contributed by atoms with Crippen molar-refractivity contribution in [3.63, 3.8) is 0 Å². The second-order valence-electron chi connectivity index (χ2n) is 10.1. The third kappa shape index (κ3) is 5.37. The maximum Gasteiger partial charge on any atom is 0.239 e. The number of benzene rings is 2. The van der Waals surface area contributed by atoms with Gasteiger partial charge in [-0.05, 0) is 19.1 Å². The molecule has 9 N–H and O–H groups in total. The summed E-state index contributed by atoms with van der Waals surface area (Å²) < 4.78 is 27.9. The molecule has 3 heterocycles. The molecule has 1 aromatic heterocycles. The number of aromatic hydroxyl groups is 3. The molecule has 2 fully saturated rings. The summed E-state index contributed by atoms with van der Waals surface area (Å²) in [4.78, 5) is 13.6. The van der Waals surface area contributed by atoms with Gasteiger partial charge in [-0.3, -0.25) is 4.79 Å². The van der Waals surface area contributed by atoms with E-state index in [9.17, 15) is 50.8 Å². The third-order valence-corrected chi connectivity index (χ3v) is 7.20. The van der Waals surface area contributed by atoms with Gasteiger partial charge in [-0.2, -0.15) is 0 Å². The zero-order chi connectivity index (χ0) is 30.5. The van der Waals surface area contributed by atoms with Crippen molar-refractivity contribution in [1.82, 2.24) is 0 Å². The highest BCUT2D eigenvalue weighted by Gasteiger charge is 2.47. The van der Waals surface area contributed by atoms with Gasteiger partial charge >= 0.3 is 0 Å². The molecular weight excluding hydrogens is 564 g/mol. The van der Waals surface area contributed by atoms with Crippen molar-refractivity contribution in [2.45, 2.75) is 68.3 Å². The number of hydrogen-bond acceptors (Lipinski definition) is 15. The Morgan fingerprint density at radius 2 is 1.45 bits per heavy atom. The van der Waals surface area contributed by atoms with E-state index in [0.717, 1.165) is 12.1 Å². The first-order chi connectivity index (χ1) is 19.9. The summed E-state index contributed by atoms with van der Waals surface area (Å²) in [5, 5.41) is 92.1. The second kappa shape index (κ2) is 11.6. The fourth-order valence-corrected chi connectivity index (χ4v) is 4.83. The number of hydrogen-bond donors (Lipinski definition) is 9. The molecule has 3 aromatic rings. The molecule has 0 aliphatic carbocycles. The highest BCUT2D eigenvalue weighted by atomic mass is 16.7. The SMILES string of the molecule is C[C@@H]1O[C@H](OC[C@H]2O[C@@H](Oc3c(-c4ccccc4O)oc4cc(O)cc(O)c4c3=O)[C@H](O)[C@@H](O)[C@@H]2O)[C@H](O)[C@H](O)[C@H]1O. The summed E-state index contributed by atoms with van der Waals surface area (Å²) in [7, 11) is 0. The van der Waals surface area contributed by atoms with Crippen LogP contribution in [0.2, 0.25) is 0 Å². The lowest BCUT2D eigenvalue weighted by Crippen LogP contribution is -2.61. The van der Waals surface area contributed by atoms with Crippen molar-refractivity contribution >= 4 is 11.0 Å². The molecule has 15 heteroatoms. The Morgan fingerprint density at radius 1 is 0.786 bits per heavy atom. The molecule has 42 heavy (non-hydrogen) atoms. The number of para-hydroxylation sites is 1. The molecule has 5 rings (SSSR count). The summed E-state index contributed by atoms with van der Waals surface area (Å²) in [5.41, 5.74) is -1.29. The van der Waals surface area contributed by atoms with E-state index in [1.54, 1.807) is 0 Å². The molecule has 10 atom stereocenters. The first-order valence-electron chi connectivity index (χ1n) is 12.9. The van der Waals surface area contributed by atoms with Crippen molar-refractivity contribution in [3.8, 4) is 34.3 Å². The molecule has 2 aromatic carbocycles. The molecule has 0 spiro atoms. The smallest absolute Gasteiger partial charge is 0.239 e. The Balaban J connectivity index is 1.47. The number of fused-ring (bicyclic) bond motifs is 1. The lowest BCUT2D eigenvalue weighted by atomic mass is 9.98. The number of ether oxygens (including phenoxy) is 4. The lowest BCUT2D eigenvalue weighted by Gasteiger charge is -2.42. The van der Waals surface area contributed by atoms with E-state index in [0.29, 0.717) is 0 Å². The van der Waals surface area contributed by atoms with Crippen LogP contribution in [0.3, 0.4) is 0 Å². The summed E-state index contributed by atoms with van der Waals surface area (Å²) in [5.74, 6) is -2.45. The maximum atomic E-state index is 13.6. The van der Waals surface area contributed by atoms with E-state index < -0.39 is 96.1 Å². The van der Waals surface area contributed by atoms with Gasteiger partial charge in [0.05, 0.1) is 18.3 Å². The predicted octanol–water partition coefficient (Wildman–Crippen LogP) is -1.39. The van der Waals surface area contributed by atoms with Gasteiger partial charge in [-0.25, -0.2) is 0 Å². The quantitative estimate of drug-likeness (QED) is 0.159. The van der Waals surface area contributed by atoms with Gasteiger partial charge in [0.2, 0.25) is 17.5 Å². The fourth-order valence-electron chi connectivity index (χ4n) is 4.83. The topological polar surface area (TPSA) is 249 Å². The molecular formula is C27H30O15. The van der Waals surface area contributed by atoms with Crippen molar-refractivity contribution in [3.05, 3.63) is 46.6 Å². The van der Waals surface area contributed by atoms with E-state index in [1.807, 2.05) is 0 Å². The van der Waals surface area contributed by atoms with Crippen LogP contribution in [-0.2, 0) is 14.2 Å². The van der Waals surface area contributed by atoms with Gasteiger partial charge in [0, 0.05) is 12.1 Å². The molecule has 0 radical (unpaired) electrons. The Bertz CT molecular complexity index is 1490. The molecule has 2 aliphatic rings. The van der Waals surface area contributed by atoms with Crippen molar-refractivity contribution in [2.24, 2.45) is 0 Å². The van der Waals surface area contributed by atoms with Crippen LogP contribution in [0.15, 0.2) is 45.6 Å². The van der Waals surface area contributed by atoms with Gasteiger partial charge in [-0.1, -0.05) is 12.1 Å². The number of phenolic OH excluding ortho intramolecular Hbond substituents is 3. The van der Waals surface area contributed by atoms with Gasteiger partial charge in [0.1, 0.15) is 70.9 Å². The standard InChI is InChI=1S/C27H30O15/c1-9-17(31)20(34)22(36)26(39-9)38-8-15-18(32)21(35)23(37)27(41-15)42-25-19(33)16-13(30)6-10(28)7-14(16)40-24(25)11-4-2-3-5-12(11)29/h2-7,9,15,17-18,20-23,26-32,34-37H,8H2,1H3/t9-,15+,17-,18+,20+,21-,22+,23+,26-,27-/m0/s1. The minimum atomic E-state index is -1.94. The molecule has 228 valence electrons. The van der Waals surface area contributed by atoms with Crippen LogP contribution < -0.4 is 10.2 Å². The number of rotatable bonds is 6. The van der Waals surface area contributed by atoms with E-state index in [1.165, 1.54) is 31.2 Å². The minimum absolute atomic E-state index is 0.0431. The summed E-state index contributed by atoms with van der Waals surface area (Å²) >= 11 is 0. The molecule has 2 aliphatic heterocycles. The van der Waals surface area contributed by atoms with E-state index in [4.69, 9.17) is 23.4 Å². The van der Waals surface area contributed by atoms with Crippen molar-refractivity contribution < 1.29 is 69.3 Å². The van der Waals surface area contributed by atoms with E-state index in [-0.39, 0.29) is 22.7 Å². The molecule has 0 unspecified atom stereocenters. The zero-order valence-electron chi connectivity index (χ0n) is 21.9. The van der Waals surface area contributed by atoms with E-state index in [2.05, 4.69) is 0 Å². The molecule has 0 saturated carbocycles. The van der Waals surface area contributed by atoms with Gasteiger partial charge < -0.3 is 69.3 Å².